The molecule has 1 saturated heterocycles. The number of carbonyl (C=O) groups is 2. The van der Waals surface area contributed by atoms with Crippen LogP contribution >= 0.6 is 0 Å². The predicted octanol–water partition coefficient (Wildman–Crippen LogP) is 4.34. The monoisotopic (exact) mass is 397 g/mol. The number of benzene rings is 2. The van der Waals surface area contributed by atoms with Crippen LogP contribution in [-0.4, -0.2) is 29.9 Å². The molecule has 0 spiro atoms. The van der Waals surface area contributed by atoms with Crippen LogP contribution in [0.25, 0.3) is 0 Å². The first-order chi connectivity index (χ1) is 13.9. The first-order valence-corrected chi connectivity index (χ1v) is 10.1. The van der Waals surface area contributed by atoms with Crippen molar-refractivity contribution >= 4 is 17.6 Å². The van der Waals surface area contributed by atoms with Crippen LogP contribution in [0.5, 0.6) is 0 Å². The number of aryl methyl sites for hydroxylation is 1. The molecule has 6 heteroatoms. The number of nitrogens with zero attached hydrogens (tertiary/aromatic N) is 1. The maximum absolute atomic E-state index is 13.0. The van der Waals surface area contributed by atoms with Gasteiger partial charge in [-0.25, -0.2) is 9.18 Å². The first kappa shape index (κ1) is 20.8. The highest BCUT2D eigenvalue weighted by Crippen LogP contribution is 2.30. The molecule has 0 saturated carbocycles. The van der Waals surface area contributed by atoms with Gasteiger partial charge in [0.1, 0.15) is 5.82 Å². The number of carbonyl (C=O) groups excluding carboxylic acids is 2. The van der Waals surface area contributed by atoms with E-state index in [4.69, 9.17) is 0 Å². The molecule has 0 aliphatic carbocycles. The third-order valence-corrected chi connectivity index (χ3v) is 5.51. The van der Waals surface area contributed by atoms with Crippen LogP contribution in [0.1, 0.15) is 37.8 Å². The lowest BCUT2D eigenvalue weighted by molar-refractivity contribution is -0.132. The van der Waals surface area contributed by atoms with Gasteiger partial charge in [-0.05, 0) is 61.6 Å². The molecule has 1 aliphatic heterocycles. The third-order valence-electron chi connectivity index (χ3n) is 5.51. The van der Waals surface area contributed by atoms with E-state index < -0.39 is 5.41 Å². The van der Waals surface area contributed by atoms with E-state index >= 15 is 0 Å². The highest BCUT2D eigenvalue weighted by atomic mass is 19.1. The van der Waals surface area contributed by atoms with E-state index in [0.717, 1.165) is 30.5 Å². The quantitative estimate of drug-likeness (QED) is 0.788. The van der Waals surface area contributed by atoms with Gasteiger partial charge in [0.15, 0.2) is 0 Å². The summed E-state index contributed by atoms with van der Waals surface area (Å²) in [5.74, 6) is -0.392. The number of piperidine rings is 1. The number of hydrogen-bond donors (Lipinski definition) is 2. The normalized spacial score (nSPS) is 18.9. The molecule has 0 bridgehead atoms. The van der Waals surface area contributed by atoms with Crippen LogP contribution in [0.3, 0.4) is 0 Å². The Morgan fingerprint density at radius 1 is 1.07 bits per heavy atom. The lowest BCUT2D eigenvalue weighted by Gasteiger charge is -2.39. The summed E-state index contributed by atoms with van der Waals surface area (Å²) in [5, 5.41) is 5.85. The molecule has 29 heavy (non-hydrogen) atoms. The molecule has 3 rings (SSSR count). The van der Waals surface area contributed by atoms with Gasteiger partial charge in [0, 0.05) is 25.3 Å². The number of anilines is 1. The molecule has 3 amide bonds. The average Bonchev–Trinajstić information content (AvgIpc) is 2.73. The summed E-state index contributed by atoms with van der Waals surface area (Å²) in [4.78, 5) is 27.2. The van der Waals surface area contributed by atoms with Crippen molar-refractivity contribution in [1.29, 1.82) is 0 Å². The van der Waals surface area contributed by atoms with Gasteiger partial charge in [0.05, 0.1) is 5.41 Å². The third kappa shape index (κ3) is 5.34. The highest BCUT2D eigenvalue weighted by Gasteiger charge is 2.39. The van der Waals surface area contributed by atoms with Crippen LogP contribution in [0.15, 0.2) is 48.5 Å². The van der Waals surface area contributed by atoms with Crippen molar-refractivity contribution in [2.45, 2.75) is 39.7 Å². The van der Waals surface area contributed by atoms with E-state index in [1.54, 1.807) is 17.0 Å². The fourth-order valence-electron chi connectivity index (χ4n) is 3.62. The number of amides is 3. The Kier molecular flexibility index (Phi) is 6.52. The van der Waals surface area contributed by atoms with Crippen molar-refractivity contribution in [1.82, 2.24) is 10.2 Å². The second-order valence-electron chi connectivity index (χ2n) is 7.88. The zero-order valence-corrected chi connectivity index (χ0v) is 17.0. The van der Waals surface area contributed by atoms with Crippen LogP contribution < -0.4 is 10.6 Å². The summed E-state index contributed by atoms with van der Waals surface area (Å²) in [6, 6.07) is 13.7. The number of nitrogens with one attached hydrogen (secondary N) is 2. The van der Waals surface area contributed by atoms with Crippen molar-refractivity contribution in [3.63, 3.8) is 0 Å². The zero-order valence-electron chi connectivity index (χ0n) is 17.0. The number of rotatable bonds is 5. The first-order valence-electron chi connectivity index (χ1n) is 10.1. The molecule has 1 fully saturated rings. The minimum atomic E-state index is -0.651. The van der Waals surface area contributed by atoms with Gasteiger partial charge in [-0.3, -0.25) is 4.79 Å². The van der Waals surface area contributed by atoms with Gasteiger partial charge >= 0.3 is 6.03 Å². The molecule has 2 aromatic rings. The lowest BCUT2D eigenvalue weighted by Crippen LogP contribution is -2.52. The summed E-state index contributed by atoms with van der Waals surface area (Å²) < 4.78 is 13.0. The van der Waals surface area contributed by atoms with Crippen LogP contribution in [-0.2, 0) is 17.8 Å². The van der Waals surface area contributed by atoms with Crippen molar-refractivity contribution in [3.05, 3.63) is 65.5 Å². The number of halogens is 1. The van der Waals surface area contributed by atoms with Crippen molar-refractivity contribution < 1.29 is 14.0 Å². The molecular weight excluding hydrogens is 369 g/mol. The average molecular weight is 397 g/mol. The maximum Gasteiger partial charge on any atom is 0.321 e. The highest BCUT2D eigenvalue weighted by molar-refractivity contribution is 5.90. The molecular formula is C23H28FN3O2. The molecule has 0 radical (unpaired) electrons. The zero-order chi connectivity index (χ0) is 20.9. The van der Waals surface area contributed by atoms with Gasteiger partial charge in [-0.1, -0.05) is 31.2 Å². The Bertz CT molecular complexity index is 851. The molecule has 1 atom stereocenters. The molecule has 154 valence electrons. The van der Waals surface area contributed by atoms with E-state index in [-0.39, 0.29) is 17.8 Å². The minimum absolute atomic E-state index is 0.0911. The standard InChI is InChI=1S/C23H28FN3O2/c1-3-17-7-11-20(12-8-17)26-22(29)27-14-4-13-23(2,16-27)21(28)25-15-18-5-9-19(24)10-6-18/h5-12H,3-4,13-16H2,1-2H3,(H,25,28)(H,26,29). The van der Waals surface area contributed by atoms with E-state index in [0.29, 0.717) is 19.6 Å². The van der Waals surface area contributed by atoms with Gasteiger partial charge in [-0.15, -0.1) is 0 Å². The van der Waals surface area contributed by atoms with Gasteiger partial charge in [-0.2, -0.15) is 0 Å². The second-order valence-corrected chi connectivity index (χ2v) is 7.88. The molecule has 1 heterocycles. The summed E-state index contributed by atoms with van der Waals surface area (Å²) >= 11 is 0. The SMILES string of the molecule is CCc1ccc(NC(=O)N2CCCC(C)(C(=O)NCc3ccc(F)cc3)C2)cc1. The van der Waals surface area contributed by atoms with Crippen molar-refractivity contribution in [2.24, 2.45) is 5.41 Å². The van der Waals surface area contributed by atoms with Crippen LogP contribution in [0, 0.1) is 11.2 Å². The summed E-state index contributed by atoms with van der Waals surface area (Å²) in [6.45, 7) is 5.30. The Morgan fingerprint density at radius 2 is 1.72 bits per heavy atom. The Morgan fingerprint density at radius 3 is 2.38 bits per heavy atom. The van der Waals surface area contributed by atoms with E-state index in [2.05, 4.69) is 17.6 Å². The predicted molar refractivity (Wildman–Crippen MR) is 112 cm³/mol. The van der Waals surface area contributed by atoms with E-state index in [1.165, 1.54) is 17.7 Å². The Hall–Kier alpha value is -2.89. The summed E-state index contributed by atoms with van der Waals surface area (Å²) in [5.41, 5.74) is 2.15. The Balaban J connectivity index is 1.57. The molecule has 2 N–H and O–H groups in total. The largest absolute Gasteiger partial charge is 0.351 e. The molecule has 1 aliphatic rings. The second kappa shape index (κ2) is 9.07. The van der Waals surface area contributed by atoms with E-state index in [1.807, 2.05) is 31.2 Å². The van der Waals surface area contributed by atoms with Crippen molar-refractivity contribution in [2.75, 3.05) is 18.4 Å². The van der Waals surface area contributed by atoms with Gasteiger partial charge in [0.2, 0.25) is 5.91 Å². The Labute approximate surface area is 171 Å². The summed E-state index contributed by atoms with van der Waals surface area (Å²) in [6.07, 6.45) is 2.44. The van der Waals surface area contributed by atoms with Crippen LogP contribution in [0.4, 0.5) is 14.9 Å². The number of likely N-dealkylation sites (tertiary alicyclic amines) is 1. The minimum Gasteiger partial charge on any atom is -0.351 e. The van der Waals surface area contributed by atoms with Crippen LogP contribution in [0.2, 0.25) is 0 Å². The smallest absolute Gasteiger partial charge is 0.321 e. The molecule has 1 unspecified atom stereocenters. The van der Waals surface area contributed by atoms with Crippen molar-refractivity contribution in [3.8, 4) is 0 Å². The number of hydrogen-bond acceptors (Lipinski definition) is 2. The fraction of sp³-hybridized carbons (Fsp3) is 0.391. The molecule has 0 aromatic heterocycles. The topological polar surface area (TPSA) is 61.4 Å². The molecule has 2 aromatic carbocycles. The molecule has 5 nitrogen and oxygen atoms in total. The summed E-state index contributed by atoms with van der Waals surface area (Å²) in [7, 11) is 0. The maximum atomic E-state index is 13.0. The van der Waals surface area contributed by atoms with E-state index in [9.17, 15) is 14.0 Å². The fourth-order valence-corrected chi connectivity index (χ4v) is 3.62. The lowest BCUT2D eigenvalue weighted by atomic mass is 9.81. The number of urea groups is 1. The van der Waals surface area contributed by atoms with Gasteiger partial charge < -0.3 is 15.5 Å². The van der Waals surface area contributed by atoms with Gasteiger partial charge in [0.25, 0.3) is 0 Å².